The maximum atomic E-state index is 12.2. The summed E-state index contributed by atoms with van der Waals surface area (Å²) in [5.41, 5.74) is 4.33. The molecule has 11 heteroatoms. The van der Waals surface area contributed by atoms with Crippen LogP contribution in [0.5, 0.6) is 0 Å². The number of nitrogens with zero attached hydrogens (tertiary/aromatic N) is 3. The molecule has 0 bridgehead atoms. The summed E-state index contributed by atoms with van der Waals surface area (Å²) in [6, 6.07) is 8.99. The Kier molecular flexibility index (Phi) is 6.93. The number of carbonyl (C=O) groups excluding carboxylic acids is 1. The van der Waals surface area contributed by atoms with Crippen molar-refractivity contribution in [1.82, 2.24) is 5.43 Å². The molecule has 2 rings (SSSR count). The standard InChI is InChI=1S/C18H19ClN4O5S/c1-12-6-13(2)8-16(7-12)22(29(3,27)28)11-18(24)21-20-10-14-9-15(23(25)26)4-5-17(14)19/h4-10H,11H2,1-3H3,(H,21,24)/b20-10-. The van der Waals surface area contributed by atoms with Crippen LogP contribution in [0.1, 0.15) is 16.7 Å². The number of anilines is 1. The molecule has 0 spiro atoms. The number of nitro groups is 1. The molecule has 0 aliphatic carbocycles. The van der Waals surface area contributed by atoms with Crippen LogP contribution in [0.4, 0.5) is 11.4 Å². The normalized spacial score (nSPS) is 11.4. The Balaban J connectivity index is 2.16. The van der Waals surface area contributed by atoms with E-state index in [0.29, 0.717) is 5.69 Å². The molecule has 2 aromatic rings. The minimum absolute atomic E-state index is 0.180. The zero-order valence-electron chi connectivity index (χ0n) is 15.9. The van der Waals surface area contributed by atoms with Crippen molar-refractivity contribution < 1.29 is 18.1 Å². The highest BCUT2D eigenvalue weighted by Gasteiger charge is 2.21. The zero-order valence-corrected chi connectivity index (χ0v) is 17.5. The van der Waals surface area contributed by atoms with E-state index in [4.69, 9.17) is 11.6 Å². The Morgan fingerprint density at radius 2 is 1.86 bits per heavy atom. The number of halogens is 1. The van der Waals surface area contributed by atoms with E-state index in [-0.39, 0.29) is 16.3 Å². The van der Waals surface area contributed by atoms with Crippen molar-refractivity contribution in [2.75, 3.05) is 17.1 Å². The first-order valence-electron chi connectivity index (χ1n) is 8.29. The maximum Gasteiger partial charge on any atom is 0.270 e. The first kappa shape index (κ1) is 22.3. The molecule has 1 N–H and O–H groups in total. The summed E-state index contributed by atoms with van der Waals surface area (Å²) >= 11 is 5.96. The van der Waals surface area contributed by atoms with Gasteiger partial charge in [-0.1, -0.05) is 17.7 Å². The van der Waals surface area contributed by atoms with E-state index < -0.39 is 27.4 Å². The number of rotatable bonds is 7. The van der Waals surface area contributed by atoms with Gasteiger partial charge >= 0.3 is 0 Å². The molecule has 154 valence electrons. The Morgan fingerprint density at radius 3 is 2.41 bits per heavy atom. The number of nitrogens with one attached hydrogen (secondary N) is 1. The molecule has 2 aromatic carbocycles. The number of nitro benzene ring substituents is 1. The van der Waals surface area contributed by atoms with E-state index in [1.807, 2.05) is 19.9 Å². The number of amides is 1. The smallest absolute Gasteiger partial charge is 0.270 e. The number of non-ortho nitro benzene ring substituents is 1. The third kappa shape index (κ3) is 6.26. The van der Waals surface area contributed by atoms with Crippen molar-refractivity contribution in [1.29, 1.82) is 0 Å². The van der Waals surface area contributed by atoms with E-state index >= 15 is 0 Å². The first-order chi connectivity index (χ1) is 13.5. The Bertz CT molecular complexity index is 1070. The summed E-state index contributed by atoms with van der Waals surface area (Å²) < 4.78 is 25.3. The number of hydrazone groups is 1. The lowest BCUT2D eigenvalue weighted by atomic mass is 10.1. The minimum Gasteiger partial charge on any atom is -0.271 e. The van der Waals surface area contributed by atoms with Crippen molar-refractivity contribution in [2.45, 2.75) is 13.8 Å². The fourth-order valence-corrected chi connectivity index (χ4v) is 3.58. The summed E-state index contributed by atoms with van der Waals surface area (Å²) in [4.78, 5) is 22.5. The van der Waals surface area contributed by atoms with Crippen molar-refractivity contribution in [3.8, 4) is 0 Å². The van der Waals surface area contributed by atoms with Crippen LogP contribution in [0.25, 0.3) is 0 Å². The largest absolute Gasteiger partial charge is 0.271 e. The lowest BCUT2D eigenvalue weighted by Crippen LogP contribution is -2.39. The molecule has 0 heterocycles. The predicted octanol–water partition coefficient (Wildman–Crippen LogP) is 2.78. The van der Waals surface area contributed by atoms with Gasteiger partial charge in [-0.3, -0.25) is 19.2 Å². The molecule has 1 amide bonds. The van der Waals surface area contributed by atoms with E-state index in [2.05, 4.69) is 10.5 Å². The van der Waals surface area contributed by atoms with Gasteiger partial charge in [-0.05, 0) is 43.2 Å². The second-order valence-corrected chi connectivity index (χ2v) is 8.69. The Morgan fingerprint density at radius 1 is 1.24 bits per heavy atom. The van der Waals surface area contributed by atoms with Crippen LogP contribution in [0.3, 0.4) is 0 Å². The monoisotopic (exact) mass is 438 g/mol. The lowest BCUT2D eigenvalue weighted by molar-refractivity contribution is -0.384. The lowest BCUT2D eigenvalue weighted by Gasteiger charge is -2.22. The van der Waals surface area contributed by atoms with Crippen LogP contribution in [0, 0.1) is 24.0 Å². The average Bonchev–Trinajstić information content (AvgIpc) is 2.59. The zero-order chi connectivity index (χ0) is 21.8. The molecule has 0 saturated carbocycles. The van der Waals surface area contributed by atoms with Crippen LogP contribution in [0.15, 0.2) is 41.5 Å². The molecule has 0 unspecified atom stereocenters. The topological polar surface area (TPSA) is 122 Å². The fourth-order valence-electron chi connectivity index (χ4n) is 2.58. The van der Waals surface area contributed by atoms with E-state index in [9.17, 15) is 23.3 Å². The van der Waals surface area contributed by atoms with Crippen molar-refractivity contribution >= 4 is 45.1 Å². The number of sulfonamides is 1. The Labute approximate surface area is 173 Å². The number of benzene rings is 2. The van der Waals surface area contributed by atoms with Gasteiger partial charge in [0.1, 0.15) is 6.54 Å². The van der Waals surface area contributed by atoms with Gasteiger partial charge in [0.05, 0.1) is 23.1 Å². The number of aryl methyl sites for hydroxylation is 2. The van der Waals surface area contributed by atoms with Gasteiger partial charge < -0.3 is 0 Å². The molecule has 0 aliphatic rings. The van der Waals surface area contributed by atoms with Crippen molar-refractivity contribution in [2.24, 2.45) is 5.10 Å². The number of hydrogen-bond acceptors (Lipinski definition) is 6. The third-order valence-corrected chi connectivity index (χ3v) is 5.25. The summed E-state index contributed by atoms with van der Waals surface area (Å²) in [7, 11) is -3.72. The summed E-state index contributed by atoms with van der Waals surface area (Å²) in [6.45, 7) is 3.16. The minimum atomic E-state index is -3.72. The van der Waals surface area contributed by atoms with Crippen LogP contribution in [-0.2, 0) is 14.8 Å². The molecular weight excluding hydrogens is 420 g/mol. The van der Waals surface area contributed by atoms with E-state index in [1.165, 1.54) is 18.2 Å². The Hall–Kier alpha value is -2.98. The summed E-state index contributed by atoms with van der Waals surface area (Å²) in [6.07, 6.45) is 2.15. The number of carbonyl (C=O) groups is 1. The van der Waals surface area contributed by atoms with Crippen LogP contribution < -0.4 is 9.73 Å². The summed E-state index contributed by atoms with van der Waals surface area (Å²) in [5.74, 6) is -0.688. The highest BCUT2D eigenvalue weighted by molar-refractivity contribution is 7.92. The SMILES string of the molecule is Cc1cc(C)cc(N(CC(=O)N/N=C\c2cc([N+](=O)[O-])ccc2Cl)S(C)(=O)=O)c1. The van der Waals surface area contributed by atoms with Gasteiger partial charge in [-0.2, -0.15) is 5.10 Å². The van der Waals surface area contributed by atoms with Gasteiger partial charge in [-0.15, -0.1) is 0 Å². The van der Waals surface area contributed by atoms with Crippen LogP contribution >= 0.6 is 11.6 Å². The summed E-state index contributed by atoms with van der Waals surface area (Å²) in [5, 5.41) is 14.8. The van der Waals surface area contributed by atoms with Crippen molar-refractivity contribution in [3.05, 3.63) is 68.2 Å². The van der Waals surface area contributed by atoms with Gasteiger partial charge in [-0.25, -0.2) is 13.8 Å². The predicted molar refractivity (Wildman–Crippen MR) is 112 cm³/mol. The number of hydrogen-bond donors (Lipinski definition) is 1. The van der Waals surface area contributed by atoms with Gasteiger partial charge in [0.15, 0.2) is 0 Å². The van der Waals surface area contributed by atoms with Gasteiger partial charge in [0, 0.05) is 22.7 Å². The molecule has 0 aromatic heterocycles. The maximum absolute atomic E-state index is 12.2. The first-order valence-corrected chi connectivity index (χ1v) is 10.5. The molecular formula is C18H19ClN4O5S. The molecule has 0 fully saturated rings. The molecule has 0 saturated heterocycles. The second kappa shape index (κ2) is 9.01. The van der Waals surface area contributed by atoms with Gasteiger partial charge in [0.25, 0.3) is 11.6 Å². The molecule has 0 atom stereocenters. The van der Waals surface area contributed by atoms with Gasteiger partial charge in [0.2, 0.25) is 10.0 Å². The quantitative estimate of drug-likeness (QED) is 0.404. The molecule has 29 heavy (non-hydrogen) atoms. The average molecular weight is 439 g/mol. The molecule has 0 aliphatic heterocycles. The van der Waals surface area contributed by atoms with Crippen molar-refractivity contribution in [3.63, 3.8) is 0 Å². The van der Waals surface area contributed by atoms with E-state index in [0.717, 1.165) is 27.9 Å². The van der Waals surface area contributed by atoms with Crippen LogP contribution in [0.2, 0.25) is 5.02 Å². The molecule has 0 radical (unpaired) electrons. The third-order valence-electron chi connectivity index (χ3n) is 3.77. The second-order valence-electron chi connectivity index (χ2n) is 6.37. The van der Waals surface area contributed by atoms with Crippen LogP contribution in [-0.4, -0.2) is 38.3 Å². The fraction of sp³-hybridized carbons (Fsp3) is 0.222. The highest BCUT2D eigenvalue weighted by atomic mass is 35.5. The highest BCUT2D eigenvalue weighted by Crippen LogP contribution is 2.22. The van der Waals surface area contributed by atoms with E-state index in [1.54, 1.807) is 12.1 Å². The molecule has 9 nitrogen and oxygen atoms in total.